The van der Waals surface area contributed by atoms with Crippen LogP contribution in [0.2, 0.25) is 0 Å². The monoisotopic (exact) mass is 315 g/mol. The van der Waals surface area contributed by atoms with E-state index in [4.69, 9.17) is 0 Å². The van der Waals surface area contributed by atoms with Crippen molar-refractivity contribution >= 4 is 10.9 Å². The predicted molar refractivity (Wildman–Crippen MR) is 86.9 cm³/mol. The lowest BCUT2D eigenvalue weighted by molar-refractivity contribution is 0.102. The summed E-state index contributed by atoms with van der Waals surface area (Å²) in [7, 11) is 0. The molecule has 0 amide bonds. The third-order valence-corrected chi connectivity index (χ3v) is 5.05. The van der Waals surface area contributed by atoms with Crippen LogP contribution in [0.4, 0.5) is 4.39 Å². The molecule has 0 saturated carbocycles. The van der Waals surface area contributed by atoms with Gasteiger partial charge in [-0.25, -0.2) is 4.39 Å². The van der Waals surface area contributed by atoms with Crippen LogP contribution in [-0.2, 0) is 6.54 Å². The van der Waals surface area contributed by atoms with Gasteiger partial charge in [-0.15, -0.1) is 0 Å². The van der Waals surface area contributed by atoms with E-state index in [0.29, 0.717) is 18.7 Å². The first-order valence-corrected chi connectivity index (χ1v) is 8.19. The molecule has 2 aromatic rings. The zero-order valence-electron chi connectivity index (χ0n) is 12.9. The van der Waals surface area contributed by atoms with Crippen molar-refractivity contribution < 1.29 is 9.50 Å². The summed E-state index contributed by atoms with van der Waals surface area (Å²) in [5, 5.41) is 10.7. The molecule has 0 bridgehead atoms. The first-order valence-electron chi connectivity index (χ1n) is 8.19. The third-order valence-electron chi connectivity index (χ3n) is 5.05. The summed E-state index contributed by atoms with van der Waals surface area (Å²) in [5.74, 6) is -0.170. The normalized spacial score (nSPS) is 25.0. The molecule has 121 valence electrons. The van der Waals surface area contributed by atoms with Crippen molar-refractivity contribution in [2.24, 2.45) is 0 Å². The molecule has 5 heteroatoms. The van der Waals surface area contributed by atoms with Gasteiger partial charge in [0, 0.05) is 37.2 Å². The first-order chi connectivity index (χ1) is 11.1. The summed E-state index contributed by atoms with van der Waals surface area (Å²) in [6, 6.07) is 6.58. The maximum absolute atomic E-state index is 14.6. The Bertz CT molecular complexity index is 801. The van der Waals surface area contributed by atoms with E-state index in [-0.39, 0.29) is 17.3 Å². The van der Waals surface area contributed by atoms with Crippen LogP contribution in [0.1, 0.15) is 24.3 Å². The Morgan fingerprint density at radius 1 is 1.22 bits per heavy atom. The van der Waals surface area contributed by atoms with Gasteiger partial charge in [0.1, 0.15) is 5.82 Å². The van der Waals surface area contributed by atoms with Crippen molar-refractivity contribution in [1.29, 1.82) is 0 Å². The second kappa shape index (κ2) is 5.73. The van der Waals surface area contributed by atoms with Crippen LogP contribution in [0.3, 0.4) is 0 Å². The number of aliphatic hydroxyl groups is 1. The number of benzene rings is 1. The SMILES string of the molecule is O=c1ccc2ccc(F)c3c2n1CCC3CN1CC[CH]C(O)C1. The average Bonchev–Trinajstić information content (AvgIpc) is 2.54. The number of piperidine rings is 1. The zero-order chi connectivity index (χ0) is 16.0. The first kappa shape index (κ1) is 14.8. The highest BCUT2D eigenvalue weighted by molar-refractivity contribution is 5.83. The van der Waals surface area contributed by atoms with Crippen molar-refractivity contribution in [2.75, 3.05) is 19.6 Å². The van der Waals surface area contributed by atoms with Gasteiger partial charge in [-0.05, 0) is 49.4 Å². The molecular formula is C18H20FN2O2. The van der Waals surface area contributed by atoms with Gasteiger partial charge in [-0.3, -0.25) is 4.79 Å². The molecule has 1 saturated heterocycles. The zero-order valence-corrected chi connectivity index (χ0v) is 12.9. The third kappa shape index (κ3) is 2.58. The number of nitrogens with zero attached hydrogens (tertiary/aromatic N) is 2. The molecule has 2 aliphatic rings. The van der Waals surface area contributed by atoms with Crippen LogP contribution in [0.5, 0.6) is 0 Å². The summed E-state index contributed by atoms with van der Waals surface area (Å²) in [5.41, 5.74) is 1.35. The highest BCUT2D eigenvalue weighted by atomic mass is 19.1. The number of pyridine rings is 1. The molecule has 23 heavy (non-hydrogen) atoms. The number of aromatic nitrogens is 1. The lowest BCUT2D eigenvalue weighted by atomic mass is 9.88. The molecule has 2 aliphatic heterocycles. The van der Waals surface area contributed by atoms with Gasteiger partial charge < -0.3 is 14.6 Å². The molecule has 0 aliphatic carbocycles. The standard InChI is InChI=1S/C18H20FN2O2/c19-15-5-3-12-4-6-16(23)21-9-7-13(17(15)18(12)21)10-20-8-1-2-14(22)11-20/h2-6,13-14,22H,1,7-11H2. The van der Waals surface area contributed by atoms with E-state index in [1.807, 2.05) is 6.42 Å². The van der Waals surface area contributed by atoms with Crippen molar-refractivity contribution in [1.82, 2.24) is 9.47 Å². The molecule has 2 unspecified atom stereocenters. The second-order valence-electron chi connectivity index (χ2n) is 6.56. The number of hydrogen-bond acceptors (Lipinski definition) is 3. The quantitative estimate of drug-likeness (QED) is 0.921. The number of β-amino-alcohol motifs (C(OH)–C–C–N with tert-alkyl or cyclic N) is 1. The Morgan fingerprint density at radius 2 is 2.04 bits per heavy atom. The van der Waals surface area contributed by atoms with Crippen LogP contribution in [0, 0.1) is 12.2 Å². The molecule has 4 rings (SSSR count). The summed E-state index contributed by atoms with van der Waals surface area (Å²) >= 11 is 0. The minimum atomic E-state index is -0.400. The molecule has 1 aromatic heterocycles. The Balaban J connectivity index is 1.75. The fraction of sp³-hybridized carbons (Fsp3) is 0.444. The maximum Gasteiger partial charge on any atom is 0.251 e. The topological polar surface area (TPSA) is 45.5 Å². The van der Waals surface area contributed by atoms with Crippen LogP contribution >= 0.6 is 0 Å². The Labute approximate surface area is 134 Å². The van der Waals surface area contributed by atoms with Gasteiger partial charge in [0.15, 0.2) is 0 Å². The van der Waals surface area contributed by atoms with E-state index < -0.39 is 6.10 Å². The molecule has 0 spiro atoms. The van der Waals surface area contributed by atoms with E-state index >= 15 is 0 Å². The molecule has 1 aromatic carbocycles. The highest BCUT2D eigenvalue weighted by Gasteiger charge is 2.29. The Kier molecular flexibility index (Phi) is 3.70. The van der Waals surface area contributed by atoms with E-state index in [2.05, 4.69) is 4.90 Å². The van der Waals surface area contributed by atoms with Gasteiger partial charge in [0.25, 0.3) is 5.56 Å². The number of halogens is 1. The largest absolute Gasteiger partial charge is 0.391 e. The fourth-order valence-corrected chi connectivity index (χ4v) is 3.98. The highest BCUT2D eigenvalue weighted by Crippen LogP contribution is 2.35. The Morgan fingerprint density at radius 3 is 2.87 bits per heavy atom. The summed E-state index contributed by atoms with van der Waals surface area (Å²) in [6.07, 6.45) is 3.14. The number of hydrogen-bond donors (Lipinski definition) is 1. The van der Waals surface area contributed by atoms with Gasteiger partial charge >= 0.3 is 0 Å². The minimum absolute atomic E-state index is 0.0609. The number of likely N-dealkylation sites (tertiary alicyclic amines) is 1. The van der Waals surface area contributed by atoms with Crippen LogP contribution < -0.4 is 5.56 Å². The predicted octanol–water partition coefficient (Wildman–Crippen LogP) is 1.90. The molecule has 2 atom stereocenters. The number of aliphatic hydroxyl groups excluding tert-OH is 1. The van der Waals surface area contributed by atoms with Crippen LogP contribution in [0.25, 0.3) is 10.9 Å². The van der Waals surface area contributed by atoms with E-state index in [1.165, 1.54) is 6.07 Å². The van der Waals surface area contributed by atoms with Gasteiger partial charge in [0.2, 0.25) is 0 Å². The van der Waals surface area contributed by atoms with E-state index in [0.717, 1.165) is 36.8 Å². The fourth-order valence-electron chi connectivity index (χ4n) is 3.98. The van der Waals surface area contributed by atoms with Crippen molar-refractivity contribution in [3.8, 4) is 0 Å². The smallest absolute Gasteiger partial charge is 0.251 e. The summed E-state index contributed by atoms with van der Waals surface area (Å²) in [6.45, 7) is 2.85. The molecule has 1 N–H and O–H groups in total. The summed E-state index contributed by atoms with van der Waals surface area (Å²) < 4.78 is 16.3. The molecule has 1 radical (unpaired) electrons. The van der Waals surface area contributed by atoms with Gasteiger partial charge in [0.05, 0.1) is 11.6 Å². The minimum Gasteiger partial charge on any atom is -0.391 e. The second-order valence-corrected chi connectivity index (χ2v) is 6.56. The number of aryl methyl sites for hydroxylation is 1. The van der Waals surface area contributed by atoms with Crippen molar-refractivity contribution in [3.63, 3.8) is 0 Å². The molecule has 1 fully saturated rings. The maximum atomic E-state index is 14.6. The molecule has 3 heterocycles. The van der Waals surface area contributed by atoms with Crippen LogP contribution in [-0.4, -0.2) is 40.3 Å². The lowest BCUT2D eigenvalue weighted by Crippen LogP contribution is -2.41. The summed E-state index contributed by atoms with van der Waals surface area (Å²) in [4.78, 5) is 14.3. The number of rotatable bonds is 2. The average molecular weight is 315 g/mol. The van der Waals surface area contributed by atoms with Gasteiger partial charge in [-0.2, -0.15) is 0 Å². The van der Waals surface area contributed by atoms with E-state index in [1.54, 1.807) is 22.8 Å². The molecular weight excluding hydrogens is 295 g/mol. The van der Waals surface area contributed by atoms with E-state index in [9.17, 15) is 14.3 Å². The van der Waals surface area contributed by atoms with Crippen LogP contribution in [0.15, 0.2) is 29.1 Å². The lowest BCUT2D eigenvalue weighted by Gasteiger charge is -2.35. The Hall–Kier alpha value is -1.72. The van der Waals surface area contributed by atoms with Crippen molar-refractivity contribution in [3.05, 3.63) is 52.4 Å². The molecule has 4 nitrogen and oxygen atoms in total. The van der Waals surface area contributed by atoms with Crippen molar-refractivity contribution in [2.45, 2.75) is 31.4 Å². The van der Waals surface area contributed by atoms with Gasteiger partial charge in [-0.1, -0.05) is 0 Å².